The fraction of sp³-hybridized carbons (Fsp3) is 0.267. The van der Waals surface area contributed by atoms with Gasteiger partial charge in [-0.2, -0.15) is 0 Å². The van der Waals surface area contributed by atoms with Crippen LogP contribution in [-0.2, 0) is 11.3 Å². The molecule has 0 fully saturated rings. The van der Waals surface area contributed by atoms with Gasteiger partial charge in [0.25, 0.3) is 5.56 Å². The van der Waals surface area contributed by atoms with Crippen molar-refractivity contribution < 1.29 is 14.3 Å². The Morgan fingerprint density at radius 1 is 1.30 bits per heavy atom. The number of primary amides is 1. The van der Waals surface area contributed by atoms with E-state index in [1.807, 2.05) is 0 Å². The first-order valence-corrected chi connectivity index (χ1v) is 7.22. The summed E-state index contributed by atoms with van der Waals surface area (Å²) in [6, 6.07) is 6.63. The maximum absolute atomic E-state index is 11.8. The van der Waals surface area contributed by atoms with E-state index in [0.29, 0.717) is 22.8 Å². The number of benzene rings is 1. The Morgan fingerprint density at radius 3 is 2.65 bits per heavy atom. The highest BCUT2D eigenvalue weighted by Gasteiger charge is 2.13. The Labute approximate surface area is 137 Å². The molecule has 0 aliphatic rings. The molecular formula is C15H17N3O4S. The SMILES string of the molecule is COc1ccc(-c2cc(=O)[nH]c(=S)n2CCC(N)=O)c(OC)c1. The second-order valence-corrected chi connectivity index (χ2v) is 5.14. The Kier molecular flexibility index (Phi) is 5.17. The van der Waals surface area contributed by atoms with Crippen LogP contribution < -0.4 is 20.8 Å². The molecule has 0 aliphatic heterocycles. The molecule has 7 nitrogen and oxygen atoms in total. The fourth-order valence-electron chi connectivity index (χ4n) is 2.20. The quantitative estimate of drug-likeness (QED) is 0.779. The molecule has 0 unspecified atom stereocenters. The predicted octanol–water partition coefficient (Wildman–Crippen LogP) is 1.47. The largest absolute Gasteiger partial charge is 0.497 e. The average Bonchev–Trinajstić information content (AvgIpc) is 2.52. The Bertz CT molecular complexity index is 841. The van der Waals surface area contributed by atoms with Crippen LogP contribution in [0.15, 0.2) is 29.1 Å². The van der Waals surface area contributed by atoms with E-state index in [1.54, 1.807) is 29.9 Å². The second kappa shape index (κ2) is 7.10. The highest BCUT2D eigenvalue weighted by Crippen LogP contribution is 2.32. The molecule has 3 N–H and O–H groups in total. The summed E-state index contributed by atoms with van der Waals surface area (Å²) < 4.78 is 12.4. The molecule has 23 heavy (non-hydrogen) atoms. The van der Waals surface area contributed by atoms with Gasteiger partial charge in [-0.25, -0.2) is 0 Å². The summed E-state index contributed by atoms with van der Waals surface area (Å²) in [7, 11) is 3.07. The highest BCUT2D eigenvalue weighted by atomic mass is 32.1. The molecule has 0 aliphatic carbocycles. The maximum atomic E-state index is 11.8. The third-order valence-corrected chi connectivity index (χ3v) is 3.62. The van der Waals surface area contributed by atoms with Crippen LogP contribution >= 0.6 is 12.2 Å². The lowest BCUT2D eigenvalue weighted by molar-refractivity contribution is -0.118. The number of carbonyl (C=O) groups is 1. The third kappa shape index (κ3) is 3.78. The minimum Gasteiger partial charge on any atom is -0.497 e. The number of aromatic nitrogens is 2. The highest BCUT2D eigenvalue weighted by molar-refractivity contribution is 7.71. The lowest BCUT2D eigenvalue weighted by Crippen LogP contribution is -2.19. The molecule has 0 saturated heterocycles. The van der Waals surface area contributed by atoms with Crippen molar-refractivity contribution in [2.75, 3.05) is 14.2 Å². The number of hydrogen-bond acceptors (Lipinski definition) is 5. The molecule has 0 spiro atoms. The van der Waals surface area contributed by atoms with Crippen molar-refractivity contribution in [2.24, 2.45) is 5.73 Å². The van der Waals surface area contributed by atoms with E-state index in [1.165, 1.54) is 13.2 Å². The first-order valence-electron chi connectivity index (χ1n) is 6.81. The van der Waals surface area contributed by atoms with Crippen molar-refractivity contribution in [3.63, 3.8) is 0 Å². The van der Waals surface area contributed by atoms with Gasteiger partial charge in [0.15, 0.2) is 4.77 Å². The zero-order valence-corrected chi connectivity index (χ0v) is 13.6. The molecule has 1 amide bonds. The molecule has 1 aromatic heterocycles. The summed E-state index contributed by atoms with van der Waals surface area (Å²) in [5.74, 6) is 0.695. The number of nitrogens with two attached hydrogens (primary N) is 1. The zero-order chi connectivity index (χ0) is 17.0. The molecular weight excluding hydrogens is 318 g/mol. The number of hydrogen-bond donors (Lipinski definition) is 2. The van der Waals surface area contributed by atoms with Crippen LogP contribution in [0, 0.1) is 4.77 Å². The number of nitrogens with zero attached hydrogens (tertiary/aromatic N) is 1. The van der Waals surface area contributed by atoms with E-state index in [2.05, 4.69) is 4.98 Å². The van der Waals surface area contributed by atoms with Crippen molar-refractivity contribution in [1.29, 1.82) is 0 Å². The number of aromatic amines is 1. The van der Waals surface area contributed by atoms with Crippen LogP contribution in [0.1, 0.15) is 6.42 Å². The summed E-state index contributed by atoms with van der Waals surface area (Å²) in [5, 5.41) is 0. The maximum Gasteiger partial charge on any atom is 0.252 e. The van der Waals surface area contributed by atoms with Gasteiger partial charge in [0, 0.05) is 30.7 Å². The lowest BCUT2D eigenvalue weighted by Gasteiger charge is -2.16. The second-order valence-electron chi connectivity index (χ2n) is 4.76. The summed E-state index contributed by atoms with van der Waals surface area (Å²) in [5.41, 5.74) is 6.07. The van der Waals surface area contributed by atoms with E-state index in [0.717, 1.165) is 0 Å². The molecule has 1 heterocycles. The van der Waals surface area contributed by atoms with Gasteiger partial charge in [-0.05, 0) is 24.4 Å². The van der Waals surface area contributed by atoms with Gasteiger partial charge in [0.2, 0.25) is 5.91 Å². The summed E-state index contributed by atoms with van der Waals surface area (Å²) >= 11 is 5.20. The number of rotatable bonds is 6. The van der Waals surface area contributed by atoms with Gasteiger partial charge in [-0.3, -0.25) is 14.6 Å². The average molecular weight is 335 g/mol. The molecule has 2 aromatic rings. The molecule has 0 atom stereocenters. The van der Waals surface area contributed by atoms with Crippen molar-refractivity contribution in [3.8, 4) is 22.8 Å². The van der Waals surface area contributed by atoms with Crippen LogP contribution in [0.3, 0.4) is 0 Å². The normalized spacial score (nSPS) is 10.3. The lowest BCUT2D eigenvalue weighted by atomic mass is 10.1. The monoisotopic (exact) mass is 335 g/mol. The van der Waals surface area contributed by atoms with Crippen LogP contribution in [-0.4, -0.2) is 29.7 Å². The number of H-pyrrole nitrogens is 1. The predicted molar refractivity (Wildman–Crippen MR) is 88.2 cm³/mol. The summed E-state index contributed by atoms with van der Waals surface area (Å²) in [6.45, 7) is 0.259. The number of amides is 1. The van der Waals surface area contributed by atoms with E-state index in [4.69, 9.17) is 27.4 Å². The van der Waals surface area contributed by atoms with Crippen LogP contribution in [0.4, 0.5) is 0 Å². The van der Waals surface area contributed by atoms with Gasteiger partial charge in [0.05, 0.1) is 19.9 Å². The van der Waals surface area contributed by atoms with E-state index < -0.39 is 5.91 Å². The molecule has 0 bridgehead atoms. The smallest absolute Gasteiger partial charge is 0.252 e. The molecule has 0 radical (unpaired) electrons. The van der Waals surface area contributed by atoms with Crippen LogP contribution in [0.25, 0.3) is 11.3 Å². The zero-order valence-electron chi connectivity index (χ0n) is 12.8. The van der Waals surface area contributed by atoms with Gasteiger partial charge < -0.3 is 19.8 Å². The number of ether oxygens (including phenoxy) is 2. The number of carbonyl (C=O) groups excluding carboxylic acids is 1. The van der Waals surface area contributed by atoms with Crippen molar-refractivity contribution >= 4 is 18.1 Å². The first kappa shape index (κ1) is 16.8. The van der Waals surface area contributed by atoms with Gasteiger partial charge in [0.1, 0.15) is 11.5 Å². The minimum atomic E-state index is -0.453. The number of nitrogens with one attached hydrogen (secondary N) is 1. The Hall–Kier alpha value is -2.61. The van der Waals surface area contributed by atoms with Crippen molar-refractivity contribution in [1.82, 2.24) is 9.55 Å². The van der Waals surface area contributed by atoms with E-state index >= 15 is 0 Å². The van der Waals surface area contributed by atoms with Gasteiger partial charge >= 0.3 is 0 Å². The third-order valence-electron chi connectivity index (χ3n) is 3.30. The summed E-state index contributed by atoms with van der Waals surface area (Å²) in [4.78, 5) is 25.4. The minimum absolute atomic E-state index is 0.103. The van der Waals surface area contributed by atoms with Crippen LogP contribution in [0.5, 0.6) is 11.5 Å². The molecule has 122 valence electrons. The van der Waals surface area contributed by atoms with E-state index in [-0.39, 0.29) is 23.3 Å². The Balaban J connectivity index is 2.64. The summed E-state index contributed by atoms with van der Waals surface area (Å²) in [6.07, 6.45) is 0.103. The standard InChI is InChI=1S/C15H17N3O4S/c1-21-9-3-4-10(12(7-9)22-2)11-8-14(20)17-15(23)18(11)6-5-13(16)19/h3-4,7-8H,5-6H2,1-2H3,(H2,16,19)(H,17,20,23). The fourth-order valence-corrected chi connectivity index (χ4v) is 2.49. The van der Waals surface area contributed by atoms with Gasteiger partial charge in [-0.15, -0.1) is 0 Å². The van der Waals surface area contributed by atoms with Gasteiger partial charge in [-0.1, -0.05) is 0 Å². The first-order chi connectivity index (χ1) is 11.0. The van der Waals surface area contributed by atoms with Crippen molar-refractivity contribution in [3.05, 3.63) is 39.4 Å². The van der Waals surface area contributed by atoms with Crippen molar-refractivity contribution in [2.45, 2.75) is 13.0 Å². The Morgan fingerprint density at radius 2 is 2.04 bits per heavy atom. The molecule has 1 aromatic carbocycles. The van der Waals surface area contributed by atoms with Crippen LogP contribution in [0.2, 0.25) is 0 Å². The number of methoxy groups -OCH3 is 2. The van der Waals surface area contributed by atoms with E-state index in [9.17, 15) is 9.59 Å². The molecule has 0 saturated carbocycles. The molecule has 8 heteroatoms. The molecule has 2 rings (SSSR count). The topological polar surface area (TPSA) is 99.3 Å².